The van der Waals surface area contributed by atoms with E-state index in [1.807, 2.05) is 12.1 Å². The van der Waals surface area contributed by atoms with Gasteiger partial charge in [-0.1, -0.05) is 42.8 Å². The standard InChI is InChI=1S/C14H21BrFN/c1-4-14(17-5-2)10(3)8-11-6-7-12(15)9-13(11)16/h6-7,9-10,14,17H,4-5,8H2,1-3H3. The van der Waals surface area contributed by atoms with Crippen LogP contribution in [0.4, 0.5) is 4.39 Å². The van der Waals surface area contributed by atoms with Crippen LogP contribution >= 0.6 is 15.9 Å². The molecule has 0 aliphatic carbocycles. The second kappa shape index (κ2) is 7.12. The number of nitrogens with one attached hydrogen (secondary N) is 1. The molecule has 0 aliphatic rings. The first-order chi connectivity index (χ1) is 8.08. The van der Waals surface area contributed by atoms with Crippen molar-refractivity contribution in [1.29, 1.82) is 0 Å². The first-order valence-corrected chi connectivity index (χ1v) is 7.05. The van der Waals surface area contributed by atoms with Gasteiger partial charge in [0.15, 0.2) is 0 Å². The maximum absolute atomic E-state index is 13.7. The van der Waals surface area contributed by atoms with Crippen LogP contribution < -0.4 is 5.32 Å². The van der Waals surface area contributed by atoms with Crippen LogP contribution in [0.2, 0.25) is 0 Å². The van der Waals surface area contributed by atoms with Gasteiger partial charge >= 0.3 is 0 Å². The van der Waals surface area contributed by atoms with E-state index in [1.54, 1.807) is 0 Å². The molecule has 0 fully saturated rings. The monoisotopic (exact) mass is 301 g/mol. The minimum Gasteiger partial charge on any atom is -0.314 e. The highest BCUT2D eigenvalue weighted by Crippen LogP contribution is 2.20. The first-order valence-electron chi connectivity index (χ1n) is 6.25. The Morgan fingerprint density at radius 1 is 1.35 bits per heavy atom. The summed E-state index contributed by atoms with van der Waals surface area (Å²) >= 11 is 3.28. The van der Waals surface area contributed by atoms with E-state index in [1.165, 1.54) is 6.07 Å². The van der Waals surface area contributed by atoms with Crippen LogP contribution in [-0.2, 0) is 6.42 Å². The molecule has 0 saturated carbocycles. The lowest BCUT2D eigenvalue weighted by molar-refractivity contribution is 0.367. The fourth-order valence-corrected chi connectivity index (χ4v) is 2.52. The van der Waals surface area contributed by atoms with Crippen LogP contribution in [0.25, 0.3) is 0 Å². The summed E-state index contributed by atoms with van der Waals surface area (Å²) in [6.07, 6.45) is 1.86. The van der Waals surface area contributed by atoms with Crippen molar-refractivity contribution in [1.82, 2.24) is 5.32 Å². The van der Waals surface area contributed by atoms with E-state index < -0.39 is 0 Å². The predicted molar refractivity (Wildman–Crippen MR) is 74.7 cm³/mol. The van der Waals surface area contributed by atoms with Crippen LogP contribution in [0.3, 0.4) is 0 Å². The number of hydrogen-bond acceptors (Lipinski definition) is 1. The van der Waals surface area contributed by atoms with Gasteiger partial charge in [0.05, 0.1) is 0 Å². The molecule has 1 N–H and O–H groups in total. The fourth-order valence-electron chi connectivity index (χ4n) is 2.19. The van der Waals surface area contributed by atoms with Crippen molar-refractivity contribution in [3.8, 4) is 0 Å². The summed E-state index contributed by atoms with van der Waals surface area (Å²) in [6, 6.07) is 5.77. The topological polar surface area (TPSA) is 12.0 Å². The Morgan fingerprint density at radius 3 is 2.59 bits per heavy atom. The van der Waals surface area contributed by atoms with Crippen LogP contribution in [0.15, 0.2) is 22.7 Å². The van der Waals surface area contributed by atoms with E-state index in [0.29, 0.717) is 12.0 Å². The minimum atomic E-state index is -0.113. The van der Waals surface area contributed by atoms with Gasteiger partial charge < -0.3 is 5.32 Å². The average molecular weight is 302 g/mol. The molecule has 1 rings (SSSR count). The molecule has 3 heteroatoms. The van der Waals surface area contributed by atoms with Crippen LogP contribution in [0, 0.1) is 11.7 Å². The Kier molecular flexibility index (Phi) is 6.14. The maximum atomic E-state index is 13.7. The highest BCUT2D eigenvalue weighted by atomic mass is 79.9. The van der Waals surface area contributed by atoms with Crippen molar-refractivity contribution in [3.05, 3.63) is 34.1 Å². The third-order valence-corrected chi connectivity index (χ3v) is 3.64. The Bertz CT molecular complexity index is 354. The van der Waals surface area contributed by atoms with Crippen molar-refractivity contribution in [3.63, 3.8) is 0 Å². The van der Waals surface area contributed by atoms with Gasteiger partial charge in [0.1, 0.15) is 5.82 Å². The summed E-state index contributed by atoms with van der Waals surface area (Å²) < 4.78 is 14.5. The van der Waals surface area contributed by atoms with Gasteiger partial charge in [-0.25, -0.2) is 4.39 Å². The lowest BCUT2D eigenvalue weighted by atomic mass is 9.92. The third kappa shape index (κ3) is 4.40. The second-order valence-electron chi connectivity index (χ2n) is 4.49. The molecule has 1 aromatic rings. The smallest absolute Gasteiger partial charge is 0.127 e. The number of rotatable bonds is 6. The molecule has 0 spiro atoms. The zero-order valence-electron chi connectivity index (χ0n) is 10.8. The van der Waals surface area contributed by atoms with Crippen molar-refractivity contribution in [2.24, 2.45) is 5.92 Å². The molecule has 0 saturated heterocycles. The summed E-state index contributed by atoms with van der Waals surface area (Å²) in [4.78, 5) is 0. The highest BCUT2D eigenvalue weighted by molar-refractivity contribution is 9.10. The van der Waals surface area contributed by atoms with Gasteiger partial charge in [-0.2, -0.15) is 0 Å². The zero-order valence-corrected chi connectivity index (χ0v) is 12.3. The van der Waals surface area contributed by atoms with Crippen LogP contribution in [-0.4, -0.2) is 12.6 Å². The van der Waals surface area contributed by atoms with Gasteiger partial charge in [-0.05, 0) is 43.0 Å². The van der Waals surface area contributed by atoms with E-state index >= 15 is 0 Å². The molecule has 0 aliphatic heterocycles. The van der Waals surface area contributed by atoms with Gasteiger partial charge in [0, 0.05) is 10.5 Å². The van der Waals surface area contributed by atoms with Gasteiger partial charge in [-0.3, -0.25) is 0 Å². The third-order valence-electron chi connectivity index (χ3n) is 3.15. The minimum absolute atomic E-state index is 0.113. The predicted octanol–water partition coefficient (Wildman–Crippen LogP) is 4.15. The number of benzene rings is 1. The Balaban J connectivity index is 2.69. The average Bonchev–Trinajstić information content (AvgIpc) is 2.29. The van der Waals surface area contributed by atoms with E-state index in [4.69, 9.17) is 0 Å². The lowest BCUT2D eigenvalue weighted by Crippen LogP contribution is -2.35. The Morgan fingerprint density at radius 2 is 2.06 bits per heavy atom. The summed E-state index contributed by atoms with van der Waals surface area (Å²) in [6.45, 7) is 7.42. The highest BCUT2D eigenvalue weighted by Gasteiger charge is 2.16. The molecule has 1 aromatic carbocycles. The summed E-state index contributed by atoms with van der Waals surface area (Å²) in [7, 11) is 0. The second-order valence-corrected chi connectivity index (χ2v) is 5.41. The van der Waals surface area contributed by atoms with Crippen molar-refractivity contribution >= 4 is 15.9 Å². The molecule has 1 nitrogen and oxygen atoms in total. The maximum Gasteiger partial charge on any atom is 0.127 e. The van der Waals surface area contributed by atoms with Crippen molar-refractivity contribution in [2.75, 3.05) is 6.54 Å². The summed E-state index contributed by atoms with van der Waals surface area (Å²) in [5.74, 6) is 0.327. The Labute approximate surface area is 112 Å². The van der Waals surface area contributed by atoms with Gasteiger partial charge in [0.2, 0.25) is 0 Å². The van der Waals surface area contributed by atoms with Crippen LogP contribution in [0.5, 0.6) is 0 Å². The summed E-state index contributed by atoms with van der Waals surface area (Å²) in [5, 5.41) is 3.45. The largest absolute Gasteiger partial charge is 0.314 e. The zero-order chi connectivity index (χ0) is 12.8. The van der Waals surface area contributed by atoms with Crippen LogP contribution in [0.1, 0.15) is 32.8 Å². The number of hydrogen-bond donors (Lipinski definition) is 1. The van der Waals surface area contributed by atoms with E-state index in [0.717, 1.165) is 29.4 Å². The quantitative estimate of drug-likeness (QED) is 0.832. The van der Waals surface area contributed by atoms with Crippen molar-refractivity contribution < 1.29 is 4.39 Å². The SMILES string of the molecule is CCNC(CC)C(C)Cc1ccc(Br)cc1F. The van der Waals surface area contributed by atoms with E-state index in [-0.39, 0.29) is 5.82 Å². The van der Waals surface area contributed by atoms with E-state index in [2.05, 4.69) is 42.0 Å². The van der Waals surface area contributed by atoms with Gasteiger partial charge in [0.25, 0.3) is 0 Å². The first kappa shape index (κ1) is 14.7. The summed E-state index contributed by atoms with van der Waals surface area (Å²) in [5.41, 5.74) is 0.803. The molecule has 0 aromatic heterocycles. The van der Waals surface area contributed by atoms with E-state index in [9.17, 15) is 4.39 Å². The molecule has 2 unspecified atom stereocenters. The molecule has 0 amide bonds. The Hall–Kier alpha value is -0.410. The molecule has 0 bridgehead atoms. The molecule has 2 atom stereocenters. The molecule has 0 heterocycles. The molecule has 17 heavy (non-hydrogen) atoms. The number of halogens is 2. The lowest BCUT2D eigenvalue weighted by Gasteiger charge is -2.23. The molecule has 0 radical (unpaired) electrons. The van der Waals surface area contributed by atoms with Gasteiger partial charge in [-0.15, -0.1) is 0 Å². The fraction of sp³-hybridized carbons (Fsp3) is 0.571. The van der Waals surface area contributed by atoms with Crippen molar-refractivity contribution in [2.45, 2.75) is 39.7 Å². The molecular weight excluding hydrogens is 281 g/mol. The molecular formula is C14H21BrFN. The molecule has 96 valence electrons. The normalized spacial score (nSPS) is 14.6.